The lowest BCUT2D eigenvalue weighted by Crippen LogP contribution is -2.00. The molecule has 1 aromatic heterocycles. The van der Waals surface area contributed by atoms with E-state index in [-0.39, 0.29) is 0 Å². The first-order chi connectivity index (χ1) is 14.8. The van der Waals surface area contributed by atoms with E-state index in [1.165, 1.54) is 27.5 Å². The van der Waals surface area contributed by atoms with Crippen molar-refractivity contribution in [2.24, 2.45) is 0 Å². The predicted molar refractivity (Wildman–Crippen MR) is 127 cm³/mol. The molecule has 4 aromatic carbocycles. The van der Waals surface area contributed by atoms with Gasteiger partial charge in [0.1, 0.15) is 0 Å². The van der Waals surface area contributed by atoms with Gasteiger partial charge in [-0.15, -0.1) is 0 Å². The Kier molecular flexibility index (Phi) is 4.86. The Labute approximate surface area is 177 Å². The van der Waals surface area contributed by atoms with Crippen LogP contribution in [0.15, 0.2) is 109 Å². The lowest BCUT2D eigenvalue weighted by molar-refractivity contribution is 1.18. The second-order valence-electron chi connectivity index (χ2n) is 7.73. The molecule has 5 aromatic rings. The summed E-state index contributed by atoms with van der Waals surface area (Å²) in [5, 5.41) is 2.47. The summed E-state index contributed by atoms with van der Waals surface area (Å²) in [7, 11) is 0. The molecule has 0 amide bonds. The van der Waals surface area contributed by atoms with Crippen molar-refractivity contribution in [1.29, 1.82) is 0 Å². The monoisotopic (exact) mass is 385 g/mol. The molecule has 144 valence electrons. The fourth-order valence-electron chi connectivity index (χ4n) is 4.07. The molecule has 5 rings (SSSR count). The number of aryl methyl sites for hydroxylation is 1. The molecule has 1 heterocycles. The van der Waals surface area contributed by atoms with E-state index in [9.17, 15) is 0 Å². The van der Waals surface area contributed by atoms with Gasteiger partial charge in [0, 0.05) is 22.9 Å². The second-order valence-corrected chi connectivity index (χ2v) is 7.73. The quantitative estimate of drug-likeness (QED) is 0.313. The normalized spacial score (nSPS) is 11.0. The Hall–Kier alpha value is -3.71. The van der Waals surface area contributed by atoms with Crippen LogP contribution in [0.2, 0.25) is 0 Å². The van der Waals surface area contributed by atoms with Gasteiger partial charge in [-0.2, -0.15) is 0 Å². The Morgan fingerprint density at radius 3 is 1.80 bits per heavy atom. The second kappa shape index (κ2) is 7.96. The molecule has 0 fully saturated rings. The van der Waals surface area contributed by atoms with E-state index in [4.69, 9.17) is 4.98 Å². The zero-order chi connectivity index (χ0) is 20.3. The summed E-state index contributed by atoms with van der Waals surface area (Å²) >= 11 is 0. The van der Waals surface area contributed by atoms with Crippen LogP contribution in [0, 0.1) is 6.92 Å². The molecule has 0 radical (unpaired) electrons. The van der Waals surface area contributed by atoms with Gasteiger partial charge in [-0.05, 0) is 23.4 Å². The van der Waals surface area contributed by atoms with Gasteiger partial charge < -0.3 is 0 Å². The Bertz CT molecular complexity index is 1290. The molecule has 0 saturated heterocycles. The molecule has 1 heteroatoms. The summed E-state index contributed by atoms with van der Waals surface area (Å²) in [5.74, 6) is 0. The number of fused-ring (bicyclic) bond motifs is 1. The van der Waals surface area contributed by atoms with Crippen LogP contribution in [-0.4, -0.2) is 4.98 Å². The molecule has 0 N–H and O–H groups in total. The van der Waals surface area contributed by atoms with E-state index in [0.717, 1.165) is 28.9 Å². The van der Waals surface area contributed by atoms with Crippen molar-refractivity contribution >= 4 is 10.8 Å². The molecule has 0 aliphatic carbocycles. The van der Waals surface area contributed by atoms with E-state index in [0.29, 0.717) is 0 Å². The minimum Gasteiger partial charge on any atom is -0.247 e. The van der Waals surface area contributed by atoms with Crippen molar-refractivity contribution in [2.45, 2.75) is 13.3 Å². The Morgan fingerprint density at radius 1 is 0.533 bits per heavy atom. The highest BCUT2D eigenvalue weighted by Gasteiger charge is 2.16. The highest BCUT2D eigenvalue weighted by Crippen LogP contribution is 2.36. The highest BCUT2D eigenvalue weighted by molar-refractivity contribution is 5.99. The minimum absolute atomic E-state index is 0.854. The van der Waals surface area contributed by atoms with Gasteiger partial charge >= 0.3 is 0 Å². The van der Waals surface area contributed by atoms with Crippen molar-refractivity contribution in [3.8, 4) is 22.5 Å². The van der Waals surface area contributed by atoms with Crippen molar-refractivity contribution in [2.75, 3.05) is 0 Å². The number of benzene rings is 4. The first kappa shape index (κ1) is 18.3. The van der Waals surface area contributed by atoms with Crippen LogP contribution in [0.3, 0.4) is 0 Å². The van der Waals surface area contributed by atoms with E-state index >= 15 is 0 Å². The molecule has 0 atom stereocenters. The fraction of sp³-hybridized carbons (Fsp3) is 0.0690. The van der Waals surface area contributed by atoms with Crippen LogP contribution in [0.4, 0.5) is 0 Å². The molecule has 0 spiro atoms. The molecule has 30 heavy (non-hydrogen) atoms. The molecule has 0 aliphatic heterocycles. The number of rotatable bonds is 4. The number of aromatic nitrogens is 1. The van der Waals surface area contributed by atoms with E-state index in [2.05, 4.69) is 116 Å². The lowest BCUT2D eigenvalue weighted by Gasteiger charge is -2.17. The first-order valence-corrected chi connectivity index (χ1v) is 10.4. The summed E-state index contributed by atoms with van der Waals surface area (Å²) in [6.45, 7) is 2.12. The lowest BCUT2D eigenvalue weighted by atomic mass is 9.92. The summed E-state index contributed by atoms with van der Waals surface area (Å²) in [6, 6.07) is 38.5. The summed E-state index contributed by atoms with van der Waals surface area (Å²) < 4.78 is 0. The largest absolute Gasteiger partial charge is 0.247 e. The number of pyridine rings is 1. The Balaban J connectivity index is 1.81. The Morgan fingerprint density at radius 2 is 1.10 bits per heavy atom. The van der Waals surface area contributed by atoms with E-state index in [1.54, 1.807) is 0 Å². The number of hydrogen-bond acceptors (Lipinski definition) is 1. The SMILES string of the molecule is Cc1ccc(-c2nc(-c3ccccc3)c(Cc3ccccc3)c3ccccc23)cc1. The van der Waals surface area contributed by atoms with Crippen LogP contribution in [0.1, 0.15) is 16.7 Å². The standard InChI is InChI=1S/C29H23N/c1-21-16-18-24(19-17-21)28-26-15-9-8-14-25(26)27(20-22-10-4-2-5-11-22)29(30-28)23-12-6-3-7-13-23/h2-19H,20H2,1H3. The average molecular weight is 386 g/mol. The topological polar surface area (TPSA) is 12.9 Å². The maximum Gasteiger partial charge on any atom is 0.0788 e. The van der Waals surface area contributed by atoms with Crippen LogP contribution in [-0.2, 0) is 6.42 Å². The summed E-state index contributed by atoms with van der Waals surface area (Å²) in [5.41, 5.74) is 8.24. The van der Waals surface area contributed by atoms with Crippen molar-refractivity contribution in [1.82, 2.24) is 4.98 Å². The van der Waals surface area contributed by atoms with Gasteiger partial charge in [0.05, 0.1) is 11.4 Å². The predicted octanol–water partition coefficient (Wildman–Crippen LogP) is 7.47. The summed E-state index contributed by atoms with van der Waals surface area (Å²) in [6.07, 6.45) is 0.854. The zero-order valence-electron chi connectivity index (χ0n) is 17.0. The van der Waals surface area contributed by atoms with Gasteiger partial charge in [-0.3, -0.25) is 0 Å². The highest BCUT2D eigenvalue weighted by atomic mass is 14.7. The average Bonchev–Trinajstić information content (AvgIpc) is 2.81. The van der Waals surface area contributed by atoms with Gasteiger partial charge in [0.15, 0.2) is 0 Å². The van der Waals surface area contributed by atoms with E-state index in [1.807, 2.05) is 0 Å². The molecular formula is C29H23N. The van der Waals surface area contributed by atoms with Crippen molar-refractivity contribution in [3.05, 3.63) is 126 Å². The third-order valence-electron chi connectivity index (χ3n) is 5.61. The summed E-state index contributed by atoms with van der Waals surface area (Å²) in [4.78, 5) is 5.27. The molecule has 0 unspecified atom stereocenters. The third-order valence-corrected chi connectivity index (χ3v) is 5.61. The number of hydrogen-bond donors (Lipinski definition) is 0. The molecule has 0 bridgehead atoms. The van der Waals surface area contributed by atoms with Gasteiger partial charge in [-0.1, -0.05) is 115 Å². The van der Waals surface area contributed by atoms with E-state index < -0.39 is 0 Å². The van der Waals surface area contributed by atoms with Crippen LogP contribution in [0.25, 0.3) is 33.3 Å². The van der Waals surface area contributed by atoms with Gasteiger partial charge in [0.2, 0.25) is 0 Å². The van der Waals surface area contributed by atoms with Crippen molar-refractivity contribution < 1.29 is 0 Å². The first-order valence-electron chi connectivity index (χ1n) is 10.4. The molecule has 0 saturated carbocycles. The fourth-order valence-corrected chi connectivity index (χ4v) is 4.07. The van der Waals surface area contributed by atoms with Crippen molar-refractivity contribution in [3.63, 3.8) is 0 Å². The molecule has 0 aliphatic rings. The number of nitrogens with zero attached hydrogens (tertiary/aromatic N) is 1. The molecule has 1 nitrogen and oxygen atoms in total. The third kappa shape index (κ3) is 3.51. The maximum absolute atomic E-state index is 5.27. The van der Waals surface area contributed by atoms with Gasteiger partial charge in [0.25, 0.3) is 0 Å². The zero-order valence-corrected chi connectivity index (χ0v) is 17.0. The maximum atomic E-state index is 5.27. The van der Waals surface area contributed by atoms with Crippen LogP contribution in [0.5, 0.6) is 0 Å². The minimum atomic E-state index is 0.854. The van der Waals surface area contributed by atoms with Crippen LogP contribution >= 0.6 is 0 Å². The smallest absolute Gasteiger partial charge is 0.0788 e. The van der Waals surface area contributed by atoms with Crippen LogP contribution < -0.4 is 0 Å². The van der Waals surface area contributed by atoms with Gasteiger partial charge in [-0.25, -0.2) is 4.98 Å². The molecular weight excluding hydrogens is 362 g/mol.